The number of carbonyl (C=O) groups is 1. The van der Waals surface area contributed by atoms with Crippen molar-refractivity contribution in [3.63, 3.8) is 0 Å². The first-order valence-electron chi connectivity index (χ1n) is 5.45. The fourth-order valence-electron chi connectivity index (χ4n) is 1.49. The van der Waals surface area contributed by atoms with Gasteiger partial charge >= 0.3 is 0 Å². The summed E-state index contributed by atoms with van der Waals surface area (Å²) in [5.41, 5.74) is 1.69. The SMILES string of the molecule is COc1ccc(C#Cc2ccsc2C(C)=O)cc1. The van der Waals surface area contributed by atoms with Crippen molar-refractivity contribution in [3.8, 4) is 17.6 Å². The summed E-state index contributed by atoms with van der Waals surface area (Å²) in [5.74, 6) is 6.93. The van der Waals surface area contributed by atoms with Gasteiger partial charge in [-0.2, -0.15) is 0 Å². The maximum atomic E-state index is 11.3. The molecule has 2 nitrogen and oxygen atoms in total. The Kier molecular flexibility index (Phi) is 3.81. The van der Waals surface area contributed by atoms with Gasteiger partial charge in [0.1, 0.15) is 5.75 Å². The quantitative estimate of drug-likeness (QED) is 0.608. The minimum atomic E-state index is 0.0593. The standard InChI is InChI=1S/C15H12O2S/c1-11(16)15-13(9-10-18-15)6-3-12-4-7-14(17-2)8-5-12/h4-5,7-10H,1-2H3. The second-order valence-corrected chi connectivity index (χ2v) is 4.61. The summed E-state index contributed by atoms with van der Waals surface area (Å²) in [5, 5.41) is 1.88. The monoisotopic (exact) mass is 256 g/mol. The number of carbonyl (C=O) groups excluding carboxylic acids is 1. The van der Waals surface area contributed by atoms with Crippen LogP contribution in [0.15, 0.2) is 35.7 Å². The lowest BCUT2D eigenvalue weighted by Crippen LogP contribution is -1.89. The van der Waals surface area contributed by atoms with Gasteiger partial charge in [-0.1, -0.05) is 11.8 Å². The Morgan fingerprint density at radius 1 is 1.17 bits per heavy atom. The summed E-state index contributed by atoms with van der Waals surface area (Å²) in [6.45, 7) is 1.56. The van der Waals surface area contributed by atoms with Gasteiger partial charge in [-0.05, 0) is 42.6 Å². The minimum Gasteiger partial charge on any atom is -0.497 e. The molecule has 0 aliphatic carbocycles. The van der Waals surface area contributed by atoms with Crippen molar-refractivity contribution in [1.29, 1.82) is 0 Å². The topological polar surface area (TPSA) is 26.3 Å². The van der Waals surface area contributed by atoms with Crippen molar-refractivity contribution in [2.75, 3.05) is 7.11 Å². The van der Waals surface area contributed by atoms with Crippen LogP contribution in [0.2, 0.25) is 0 Å². The van der Waals surface area contributed by atoms with Gasteiger partial charge < -0.3 is 4.74 Å². The molecule has 0 spiro atoms. The van der Waals surface area contributed by atoms with Crippen molar-refractivity contribution in [2.45, 2.75) is 6.92 Å². The van der Waals surface area contributed by atoms with Crippen molar-refractivity contribution in [1.82, 2.24) is 0 Å². The van der Waals surface area contributed by atoms with Crippen LogP contribution >= 0.6 is 11.3 Å². The van der Waals surface area contributed by atoms with E-state index in [0.717, 1.165) is 21.8 Å². The largest absolute Gasteiger partial charge is 0.497 e. The second kappa shape index (κ2) is 5.52. The van der Waals surface area contributed by atoms with Gasteiger partial charge in [0.25, 0.3) is 0 Å². The molecule has 0 amide bonds. The lowest BCUT2D eigenvalue weighted by atomic mass is 10.2. The third-order valence-electron chi connectivity index (χ3n) is 2.42. The summed E-state index contributed by atoms with van der Waals surface area (Å²) in [6.07, 6.45) is 0. The maximum absolute atomic E-state index is 11.3. The molecule has 2 aromatic rings. The second-order valence-electron chi connectivity index (χ2n) is 3.70. The zero-order valence-electron chi connectivity index (χ0n) is 10.2. The van der Waals surface area contributed by atoms with E-state index in [0.29, 0.717) is 0 Å². The zero-order valence-corrected chi connectivity index (χ0v) is 11.0. The van der Waals surface area contributed by atoms with E-state index in [1.165, 1.54) is 11.3 Å². The molecule has 0 saturated heterocycles. The van der Waals surface area contributed by atoms with E-state index in [1.807, 2.05) is 35.7 Å². The lowest BCUT2D eigenvalue weighted by Gasteiger charge is -1.97. The zero-order chi connectivity index (χ0) is 13.0. The molecule has 1 heterocycles. The smallest absolute Gasteiger partial charge is 0.170 e. The molecule has 0 aliphatic rings. The predicted octanol–water partition coefficient (Wildman–Crippen LogP) is 3.36. The predicted molar refractivity (Wildman–Crippen MR) is 73.3 cm³/mol. The van der Waals surface area contributed by atoms with E-state index in [9.17, 15) is 4.79 Å². The molecule has 0 radical (unpaired) electrons. The molecule has 0 saturated carbocycles. The van der Waals surface area contributed by atoms with Gasteiger partial charge in [0.15, 0.2) is 5.78 Å². The molecule has 18 heavy (non-hydrogen) atoms. The van der Waals surface area contributed by atoms with Crippen LogP contribution in [-0.4, -0.2) is 12.9 Å². The van der Waals surface area contributed by atoms with Gasteiger partial charge in [-0.25, -0.2) is 0 Å². The lowest BCUT2D eigenvalue weighted by molar-refractivity contribution is 0.102. The molecule has 0 N–H and O–H groups in total. The third kappa shape index (κ3) is 2.79. The average Bonchev–Trinajstić information content (AvgIpc) is 2.85. The Labute approximate surface area is 110 Å². The Bertz CT molecular complexity index is 612. The fourth-order valence-corrected chi connectivity index (χ4v) is 2.25. The minimum absolute atomic E-state index is 0.0593. The number of hydrogen-bond acceptors (Lipinski definition) is 3. The molecule has 0 fully saturated rings. The summed E-state index contributed by atoms with van der Waals surface area (Å²) in [6, 6.07) is 9.39. The molecule has 1 aromatic carbocycles. The van der Waals surface area contributed by atoms with E-state index >= 15 is 0 Å². The number of rotatable bonds is 2. The highest BCUT2D eigenvalue weighted by Gasteiger charge is 2.05. The highest BCUT2D eigenvalue weighted by molar-refractivity contribution is 7.12. The number of hydrogen-bond donors (Lipinski definition) is 0. The highest BCUT2D eigenvalue weighted by Crippen LogP contribution is 2.16. The van der Waals surface area contributed by atoms with Crippen LogP contribution in [0.25, 0.3) is 0 Å². The van der Waals surface area contributed by atoms with Crippen LogP contribution in [0.4, 0.5) is 0 Å². The Hall–Kier alpha value is -2.05. The van der Waals surface area contributed by atoms with Crippen LogP contribution < -0.4 is 4.74 Å². The van der Waals surface area contributed by atoms with Crippen LogP contribution in [0.1, 0.15) is 27.7 Å². The number of ketones is 1. The first kappa shape index (κ1) is 12.4. The van der Waals surface area contributed by atoms with E-state index in [2.05, 4.69) is 11.8 Å². The number of Topliss-reactive ketones (excluding diaryl/α,β-unsaturated/α-hetero) is 1. The maximum Gasteiger partial charge on any atom is 0.170 e. The summed E-state index contributed by atoms with van der Waals surface area (Å²) < 4.78 is 5.08. The van der Waals surface area contributed by atoms with Crippen molar-refractivity contribution >= 4 is 17.1 Å². The Morgan fingerprint density at radius 3 is 2.50 bits per heavy atom. The number of methoxy groups -OCH3 is 1. The fraction of sp³-hybridized carbons (Fsp3) is 0.133. The number of thiophene rings is 1. The highest BCUT2D eigenvalue weighted by atomic mass is 32.1. The van der Waals surface area contributed by atoms with Gasteiger partial charge in [0.2, 0.25) is 0 Å². The first-order valence-corrected chi connectivity index (χ1v) is 6.33. The molecule has 0 aliphatic heterocycles. The molecular weight excluding hydrogens is 244 g/mol. The Morgan fingerprint density at radius 2 is 1.89 bits per heavy atom. The van der Waals surface area contributed by atoms with Crippen LogP contribution in [0, 0.1) is 11.8 Å². The summed E-state index contributed by atoms with van der Waals surface area (Å²) in [4.78, 5) is 12.1. The van der Waals surface area contributed by atoms with E-state index in [-0.39, 0.29) is 5.78 Å². The Balaban J connectivity index is 2.25. The number of benzene rings is 1. The molecule has 3 heteroatoms. The summed E-state index contributed by atoms with van der Waals surface area (Å²) in [7, 11) is 1.63. The molecule has 0 bridgehead atoms. The average molecular weight is 256 g/mol. The van der Waals surface area contributed by atoms with Gasteiger partial charge in [-0.3, -0.25) is 4.79 Å². The van der Waals surface area contributed by atoms with Crippen LogP contribution in [-0.2, 0) is 0 Å². The molecule has 1 aromatic heterocycles. The summed E-state index contributed by atoms with van der Waals surface area (Å²) >= 11 is 1.43. The van der Waals surface area contributed by atoms with E-state index < -0.39 is 0 Å². The molecule has 90 valence electrons. The third-order valence-corrected chi connectivity index (χ3v) is 3.43. The van der Waals surface area contributed by atoms with Crippen molar-refractivity contribution < 1.29 is 9.53 Å². The van der Waals surface area contributed by atoms with Gasteiger partial charge in [0, 0.05) is 11.1 Å². The van der Waals surface area contributed by atoms with Gasteiger partial charge in [0.05, 0.1) is 12.0 Å². The first-order chi connectivity index (χ1) is 8.70. The van der Waals surface area contributed by atoms with E-state index in [1.54, 1.807) is 14.0 Å². The molecular formula is C15H12O2S. The van der Waals surface area contributed by atoms with Crippen LogP contribution in [0.5, 0.6) is 5.75 Å². The molecule has 2 rings (SSSR count). The molecule has 0 atom stereocenters. The number of ether oxygens (including phenoxy) is 1. The molecule has 0 unspecified atom stereocenters. The van der Waals surface area contributed by atoms with Crippen molar-refractivity contribution in [2.24, 2.45) is 0 Å². The van der Waals surface area contributed by atoms with Crippen molar-refractivity contribution in [3.05, 3.63) is 51.7 Å². The van der Waals surface area contributed by atoms with Crippen LogP contribution in [0.3, 0.4) is 0 Å². The normalized spacial score (nSPS) is 9.44. The van der Waals surface area contributed by atoms with Gasteiger partial charge in [-0.15, -0.1) is 11.3 Å². The van der Waals surface area contributed by atoms with E-state index in [4.69, 9.17) is 4.74 Å².